The quantitative estimate of drug-likeness (QED) is 0.736. The Morgan fingerprint density at radius 1 is 1.26 bits per heavy atom. The third-order valence-corrected chi connectivity index (χ3v) is 5.95. The van der Waals surface area contributed by atoms with Gasteiger partial charge in [0.15, 0.2) is 9.84 Å². The SMILES string of the molecule is CCC(CC)CN(CC)CCC1CS(=O)(=O)CCN1. The van der Waals surface area contributed by atoms with Gasteiger partial charge in [0.05, 0.1) is 11.5 Å². The highest BCUT2D eigenvalue weighted by atomic mass is 32.2. The maximum absolute atomic E-state index is 11.6. The molecule has 114 valence electrons. The van der Waals surface area contributed by atoms with Crippen LogP contribution in [0.25, 0.3) is 0 Å². The molecule has 0 aliphatic carbocycles. The minimum atomic E-state index is -2.80. The maximum atomic E-state index is 11.6. The molecule has 1 saturated heterocycles. The summed E-state index contributed by atoms with van der Waals surface area (Å²) in [7, 11) is -2.80. The lowest BCUT2D eigenvalue weighted by Gasteiger charge is -2.29. The first-order chi connectivity index (χ1) is 9.00. The van der Waals surface area contributed by atoms with E-state index in [1.54, 1.807) is 0 Å². The molecule has 0 aromatic heterocycles. The monoisotopic (exact) mass is 290 g/mol. The molecule has 1 fully saturated rings. The summed E-state index contributed by atoms with van der Waals surface area (Å²) in [6.07, 6.45) is 3.39. The van der Waals surface area contributed by atoms with Crippen LogP contribution in [0.4, 0.5) is 0 Å². The first-order valence-electron chi connectivity index (χ1n) is 7.66. The van der Waals surface area contributed by atoms with E-state index < -0.39 is 9.84 Å². The van der Waals surface area contributed by atoms with E-state index in [0.29, 0.717) is 18.1 Å². The third kappa shape index (κ3) is 6.23. The molecule has 0 amide bonds. The van der Waals surface area contributed by atoms with Gasteiger partial charge in [-0.05, 0) is 25.4 Å². The Morgan fingerprint density at radius 3 is 2.47 bits per heavy atom. The zero-order chi connectivity index (χ0) is 14.3. The molecule has 0 bridgehead atoms. The first-order valence-corrected chi connectivity index (χ1v) is 9.49. The molecule has 1 aliphatic rings. The van der Waals surface area contributed by atoms with Crippen molar-refractivity contribution in [1.82, 2.24) is 10.2 Å². The van der Waals surface area contributed by atoms with E-state index in [0.717, 1.165) is 32.0 Å². The standard InChI is InChI=1S/C14H30N2O2S/c1-4-13(5-2)11-16(6-3)9-7-14-12-19(17,18)10-8-15-14/h13-15H,4-12H2,1-3H3. The Balaban J connectivity index is 2.36. The van der Waals surface area contributed by atoms with E-state index in [-0.39, 0.29) is 6.04 Å². The third-order valence-electron chi connectivity index (χ3n) is 4.21. The number of rotatable bonds is 8. The minimum absolute atomic E-state index is 0.148. The van der Waals surface area contributed by atoms with Crippen LogP contribution in [-0.2, 0) is 9.84 Å². The Bertz CT molecular complexity index is 339. The van der Waals surface area contributed by atoms with Crippen LogP contribution in [0, 0.1) is 5.92 Å². The number of hydrogen-bond acceptors (Lipinski definition) is 4. The Labute approximate surface area is 118 Å². The van der Waals surface area contributed by atoms with Crippen LogP contribution in [0.15, 0.2) is 0 Å². The lowest BCUT2D eigenvalue weighted by atomic mass is 10.0. The topological polar surface area (TPSA) is 49.4 Å². The van der Waals surface area contributed by atoms with Gasteiger partial charge in [0.25, 0.3) is 0 Å². The average Bonchev–Trinajstić information content (AvgIpc) is 2.38. The van der Waals surface area contributed by atoms with Crippen molar-refractivity contribution >= 4 is 9.84 Å². The Kier molecular flexibility index (Phi) is 7.32. The second-order valence-electron chi connectivity index (χ2n) is 5.63. The highest BCUT2D eigenvalue weighted by molar-refractivity contribution is 7.91. The number of nitrogens with zero attached hydrogens (tertiary/aromatic N) is 1. The summed E-state index contributed by atoms with van der Waals surface area (Å²) in [5.41, 5.74) is 0. The molecular weight excluding hydrogens is 260 g/mol. The van der Waals surface area contributed by atoms with E-state index in [1.165, 1.54) is 12.8 Å². The molecule has 0 radical (unpaired) electrons. The van der Waals surface area contributed by atoms with Crippen LogP contribution in [0.1, 0.15) is 40.0 Å². The molecule has 1 N–H and O–H groups in total. The largest absolute Gasteiger partial charge is 0.312 e. The maximum Gasteiger partial charge on any atom is 0.153 e. The van der Waals surface area contributed by atoms with Gasteiger partial charge in [-0.25, -0.2) is 8.42 Å². The van der Waals surface area contributed by atoms with E-state index in [4.69, 9.17) is 0 Å². The molecule has 0 aromatic carbocycles. The summed E-state index contributed by atoms with van der Waals surface area (Å²) in [5.74, 6) is 1.38. The van der Waals surface area contributed by atoms with Crippen molar-refractivity contribution < 1.29 is 8.42 Å². The molecule has 19 heavy (non-hydrogen) atoms. The summed E-state index contributed by atoms with van der Waals surface area (Å²) >= 11 is 0. The summed E-state index contributed by atoms with van der Waals surface area (Å²) < 4.78 is 23.2. The Morgan fingerprint density at radius 2 is 1.95 bits per heavy atom. The van der Waals surface area contributed by atoms with Crippen molar-refractivity contribution in [3.05, 3.63) is 0 Å². The first kappa shape index (κ1) is 16.9. The number of hydrogen-bond donors (Lipinski definition) is 1. The summed E-state index contributed by atoms with van der Waals surface area (Å²) in [6.45, 7) is 10.5. The fourth-order valence-electron chi connectivity index (χ4n) is 2.68. The van der Waals surface area contributed by atoms with Crippen LogP contribution in [0.2, 0.25) is 0 Å². The predicted octanol–water partition coefficient (Wildman–Crippen LogP) is 1.52. The van der Waals surface area contributed by atoms with Gasteiger partial charge in [-0.1, -0.05) is 33.6 Å². The van der Waals surface area contributed by atoms with Crippen molar-refractivity contribution in [1.29, 1.82) is 0 Å². The highest BCUT2D eigenvalue weighted by Crippen LogP contribution is 2.11. The van der Waals surface area contributed by atoms with Crippen molar-refractivity contribution in [2.45, 2.75) is 46.1 Å². The second kappa shape index (κ2) is 8.22. The molecule has 1 heterocycles. The molecule has 1 aliphatic heterocycles. The minimum Gasteiger partial charge on any atom is -0.312 e. The van der Waals surface area contributed by atoms with Gasteiger partial charge >= 0.3 is 0 Å². The van der Waals surface area contributed by atoms with Crippen molar-refractivity contribution in [3.63, 3.8) is 0 Å². The van der Waals surface area contributed by atoms with Gasteiger partial charge < -0.3 is 10.2 Å². The predicted molar refractivity (Wildman–Crippen MR) is 81.2 cm³/mol. The molecule has 0 aromatic rings. The van der Waals surface area contributed by atoms with Crippen LogP contribution in [-0.4, -0.2) is 57.0 Å². The fraction of sp³-hybridized carbons (Fsp3) is 1.00. The smallest absolute Gasteiger partial charge is 0.153 e. The second-order valence-corrected chi connectivity index (χ2v) is 7.86. The Hall–Kier alpha value is -0.130. The van der Waals surface area contributed by atoms with Gasteiger partial charge in [-0.3, -0.25) is 0 Å². The van der Waals surface area contributed by atoms with Gasteiger partial charge in [0.2, 0.25) is 0 Å². The zero-order valence-corrected chi connectivity index (χ0v) is 13.5. The lowest BCUT2D eigenvalue weighted by molar-refractivity contribution is 0.223. The normalized spacial score (nSPS) is 23.1. The summed E-state index contributed by atoms with van der Waals surface area (Å²) in [4.78, 5) is 2.46. The zero-order valence-electron chi connectivity index (χ0n) is 12.7. The van der Waals surface area contributed by atoms with Gasteiger partial charge in [0.1, 0.15) is 0 Å². The van der Waals surface area contributed by atoms with Crippen LogP contribution < -0.4 is 5.32 Å². The molecule has 0 spiro atoms. The summed E-state index contributed by atoms with van der Waals surface area (Å²) in [5, 5.41) is 3.33. The molecule has 0 saturated carbocycles. The fourth-order valence-corrected chi connectivity index (χ4v) is 4.17. The van der Waals surface area contributed by atoms with Gasteiger partial charge in [0, 0.05) is 19.1 Å². The summed E-state index contributed by atoms with van der Waals surface area (Å²) in [6, 6.07) is 0.148. The van der Waals surface area contributed by atoms with E-state index >= 15 is 0 Å². The molecule has 1 rings (SSSR count). The lowest BCUT2D eigenvalue weighted by Crippen LogP contribution is -2.46. The average molecular weight is 290 g/mol. The number of nitrogens with one attached hydrogen (secondary N) is 1. The van der Waals surface area contributed by atoms with Crippen molar-refractivity contribution in [2.24, 2.45) is 5.92 Å². The van der Waals surface area contributed by atoms with Crippen molar-refractivity contribution in [3.8, 4) is 0 Å². The van der Waals surface area contributed by atoms with Crippen molar-refractivity contribution in [2.75, 3.05) is 37.7 Å². The van der Waals surface area contributed by atoms with Crippen LogP contribution in [0.3, 0.4) is 0 Å². The number of sulfone groups is 1. The van der Waals surface area contributed by atoms with Crippen LogP contribution in [0.5, 0.6) is 0 Å². The van der Waals surface area contributed by atoms with E-state index in [1.807, 2.05) is 0 Å². The molecular formula is C14H30N2O2S. The molecule has 4 nitrogen and oxygen atoms in total. The highest BCUT2D eigenvalue weighted by Gasteiger charge is 2.24. The molecule has 5 heteroatoms. The van der Waals surface area contributed by atoms with E-state index in [9.17, 15) is 8.42 Å². The molecule has 1 unspecified atom stereocenters. The van der Waals surface area contributed by atoms with Crippen LogP contribution >= 0.6 is 0 Å². The van der Waals surface area contributed by atoms with Gasteiger partial charge in [-0.15, -0.1) is 0 Å². The van der Waals surface area contributed by atoms with Gasteiger partial charge in [-0.2, -0.15) is 0 Å². The molecule has 1 atom stereocenters. The van der Waals surface area contributed by atoms with E-state index in [2.05, 4.69) is 31.0 Å².